The van der Waals surface area contributed by atoms with Crippen molar-refractivity contribution in [2.24, 2.45) is 0 Å². The number of esters is 1. The highest BCUT2D eigenvalue weighted by Gasteiger charge is 2.28. The van der Waals surface area contributed by atoms with Crippen LogP contribution in [-0.2, 0) is 28.9 Å². The van der Waals surface area contributed by atoms with E-state index in [1.807, 2.05) is 42.5 Å². The van der Waals surface area contributed by atoms with Crippen LogP contribution in [0.1, 0.15) is 56.7 Å². The van der Waals surface area contributed by atoms with Crippen LogP contribution >= 0.6 is 0 Å². The Morgan fingerprint density at radius 1 is 1.12 bits per heavy atom. The molecule has 0 aromatic heterocycles. The van der Waals surface area contributed by atoms with Crippen molar-refractivity contribution in [1.29, 1.82) is 0 Å². The first kappa shape index (κ1) is 24.0. The van der Waals surface area contributed by atoms with Gasteiger partial charge in [-0.1, -0.05) is 56.3 Å². The molecule has 0 saturated heterocycles. The Kier molecular flexibility index (Phi) is 8.86. The lowest BCUT2D eigenvalue weighted by molar-refractivity contribution is -0.135. The standard InChI is InChI=1S/C27H36N2O3/c1-4-16-29(20(3)5-2)23-14-15-24-22(18-23)12-9-13-25(24)32-27(31)19-28-26(30)17-21-10-7-6-8-11-21/h6-13,20,23H,4-5,14-19H2,1-3H3,(H,28,30)/t20-,23-/m0/s1. The number of nitrogens with zero attached hydrogens (tertiary/aromatic N) is 1. The number of nitrogens with one attached hydrogen (secondary N) is 1. The molecule has 1 amide bonds. The number of ether oxygens (including phenoxy) is 1. The number of carbonyl (C=O) groups is 2. The summed E-state index contributed by atoms with van der Waals surface area (Å²) in [6, 6.07) is 16.6. The van der Waals surface area contributed by atoms with Gasteiger partial charge in [-0.05, 0) is 68.3 Å². The minimum Gasteiger partial charge on any atom is -0.425 e. The molecule has 32 heavy (non-hydrogen) atoms. The van der Waals surface area contributed by atoms with Gasteiger partial charge in [0.2, 0.25) is 5.91 Å². The average molecular weight is 437 g/mol. The van der Waals surface area contributed by atoms with E-state index in [0.717, 1.165) is 49.8 Å². The number of carbonyl (C=O) groups excluding carboxylic acids is 2. The van der Waals surface area contributed by atoms with Crippen LogP contribution in [0.15, 0.2) is 48.5 Å². The average Bonchev–Trinajstić information content (AvgIpc) is 2.81. The first-order valence-electron chi connectivity index (χ1n) is 11.9. The first-order valence-corrected chi connectivity index (χ1v) is 11.9. The summed E-state index contributed by atoms with van der Waals surface area (Å²) >= 11 is 0. The summed E-state index contributed by atoms with van der Waals surface area (Å²) in [6.07, 6.45) is 5.51. The molecule has 2 aromatic rings. The normalized spacial score (nSPS) is 16.3. The zero-order valence-electron chi connectivity index (χ0n) is 19.6. The molecule has 5 nitrogen and oxygen atoms in total. The van der Waals surface area contributed by atoms with Crippen LogP contribution < -0.4 is 10.1 Å². The predicted molar refractivity (Wildman–Crippen MR) is 128 cm³/mol. The zero-order chi connectivity index (χ0) is 22.9. The molecule has 0 fully saturated rings. The minimum absolute atomic E-state index is 0.129. The highest BCUT2D eigenvalue weighted by atomic mass is 16.5. The van der Waals surface area contributed by atoms with Gasteiger partial charge in [-0.15, -0.1) is 0 Å². The van der Waals surface area contributed by atoms with E-state index in [-0.39, 0.29) is 18.9 Å². The number of hydrogen-bond donors (Lipinski definition) is 1. The summed E-state index contributed by atoms with van der Waals surface area (Å²) in [5.74, 6) is 0.00938. The van der Waals surface area contributed by atoms with Crippen LogP contribution in [0.4, 0.5) is 0 Å². The predicted octanol–water partition coefficient (Wildman–Crippen LogP) is 4.32. The summed E-state index contributed by atoms with van der Waals surface area (Å²) < 4.78 is 5.66. The lowest BCUT2D eigenvalue weighted by Gasteiger charge is -2.39. The second-order valence-corrected chi connectivity index (χ2v) is 8.70. The third-order valence-electron chi connectivity index (χ3n) is 6.38. The van der Waals surface area contributed by atoms with Crippen LogP contribution in [0.5, 0.6) is 5.75 Å². The molecule has 3 rings (SSSR count). The lowest BCUT2D eigenvalue weighted by atomic mass is 9.86. The van der Waals surface area contributed by atoms with Crippen molar-refractivity contribution in [3.05, 3.63) is 65.2 Å². The van der Waals surface area contributed by atoms with Crippen LogP contribution in [-0.4, -0.2) is 41.9 Å². The smallest absolute Gasteiger partial charge is 0.330 e. The van der Waals surface area contributed by atoms with Gasteiger partial charge >= 0.3 is 5.97 Å². The second-order valence-electron chi connectivity index (χ2n) is 8.70. The molecule has 0 spiro atoms. The van der Waals surface area contributed by atoms with Crippen molar-refractivity contribution in [3.63, 3.8) is 0 Å². The van der Waals surface area contributed by atoms with Crippen molar-refractivity contribution in [2.75, 3.05) is 13.1 Å². The Labute approximate surface area is 192 Å². The maximum atomic E-state index is 12.4. The molecular weight excluding hydrogens is 400 g/mol. The summed E-state index contributed by atoms with van der Waals surface area (Å²) in [4.78, 5) is 27.2. The molecule has 172 valence electrons. The molecule has 0 radical (unpaired) electrons. The van der Waals surface area contributed by atoms with E-state index in [1.54, 1.807) is 0 Å². The van der Waals surface area contributed by atoms with E-state index in [0.29, 0.717) is 17.8 Å². The van der Waals surface area contributed by atoms with Crippen molar-refractivity contribution in [1.82, 2.24) is 10.2 Å². The van der Waals surface area contributed by atoms with Gasteiger partial charge in [0.1, 0.15) is 12.3 Å². The highest BCUT2D eigenvalue weighted by Crippen LogP contribution is 2.32. The summed E-state index contributed by atoms with van der Waals surface area (Å²) in [6.45, 7) is 7.79. The molecule has 2 aromatic carbocycles. The molecule has 0 bridgehead atoms. The topological polar surface area (TPSA) is 58.6 Å². The van der Waals surface area contributed by atoms with Gasteiger partial charge in [-0.25, -0.2) is 4.79 Å². The summed E-state index contributed by atoms with van der Waals surface area (Å²) in [5, 5.41) is 2.67. The van der Waals surface area contributed by atoms with Gasteiger partial charge in [-0.2, -0.15) is 0 Å². The van der Waals surface area contributed by atoms with Gasteiger partial charge < -0.3 is 10.1 Å². The van der Waals surface area contributed by atoms with E-state index >= 15 is 0 Å². The molecular formula is C27H36N2O3. The molecule has 0 heterocycles. The second kappa shape index (κ2) is 11.8. The molecule has 5 heteroatoms. The molecule has 1 aliphatic carbocycles. The first-order chi connectivity index (χ1) is 15.5. The molecule has 1 aliphatic rings. The Bertz CT molecular complexity index is 897. The number of benzene rings is 2. The van der Waals surface area contributed by atoms with E-state index in [4.69, 9.17) is 4.74 Å². The van der Waals surface area contributed by atoms with Crippen molar-refractivity contribution < 1.29 is 14.3 Å². The van der Waals surface area contributed by atoms with Crippen molar-refractivity contribution >= 4 is 11.9 Å². The van der Waals surface area contributed by atoms with E-state index in [2.05, 4.69) is 37.1 Å². The minimum atomic E-state index is -0.436. The maximum absolute atomic E-state index is 12.4. The van der Waals surface area contributed by atoms with E-state index in [9.17, 15) is 9.59 Å². The van der Waals surface area contributed by atoms with Crippen LogP contribution in [0.2, 0.25) is 0 Å². The molecule has 2 atom stereocenters. The SMILES string of the molecule is CCCN([C@H]1CCc2c(cccc2OC(=O)CNC(=O)Cc2ccccc2)C1)[C@@H](C)CC. The number of fused-ring (bicyclic) bond motifs is 1. The third-order valence-corrected chi connectivity index (χ3v) is 6.38. The molecule has 0 unspecified atom stereocenters. The highest BCUT2D eigenvalue weighted by molar-refractivity contribution is 5.84. The largest absolute Gasteiger partial charge is 0.425 e. The van der Waals surface area contributed by atoms with E-state index < -0.39 is 5.97 Å². The molecule has 0 aliphatic heterocycles. The van der Waals surface area contributed by atoms with Gasteiger partial charge in [0.25, 0.3) is 0 Å². The Hall–Kier alpha value is -2.66. The zero-order valence-corrected chi connectivity index (χ0v) is 19.6. The number of amides is 1. The number of hydrogen-bond acceptors (Lipinski definition) is 4. The fourth-order valence-corrected chi connectivity index (χ4v) is 4.56. The van der Waals surface area contributed by atoms with Crippen molar-refractivity contribution in [3.8, 4) is 5.75 Å². The lowest BCUT2D eigenvalue weighted by Crippen LogP contribution is -2.45. The van der Waals surface area contributed by atoms with Crippen LogP contribution in [0.3, 0.4) is 0 Å². The molecule has 1 N–H and O–H groups in total. The van der Waals surface area contributed by atoms with Crippen molar-refractivity contribution in [2.45, 2.75) is 71.4 Å². The fraction of sp³-hybridized carbons (Fsp3) is 0.481. The monoisotopic (exact) mass is 436 g/mol. The van der Waals surface area contributed by atoms with E-state index in [1.165, 1.54) is 5.56 Å². The van der Waals surface area contributed by atoms with Gasteiger partial charge in [-0.3, -0.25) is 9.69 Å². The third kappa shape index (κ3) is 6.42. The number of rotatable bonds is 10. The Balaban J connectivity index is 1.57. The van der Waals surface area contributed by atoms with Crippen LogP contribution in [0, 0.1) is 0 Å². The fourth-order valence-electron chi connectivity index (χ4n) is 4.56. The quantitative estimate of drug-likeness (QED) is 0.445. The Morgan fingerprint density at radius 3 is 2.62 bits per heavy atom. The molecule has 0 saturated carbocycles. The van der Waals surface area contributed by atoms with Gasteiger partial charge in [0.05, 0.1) is 6.42 Å². The van der Waals surface area contributed by atoms with Gasteiger partial charge in [0.15, 0.2) is 0 Å². The maximum Gasteiger partial charge on any atom is 0.330 e. The van der Waals surface area contributed by atoms with Gasteiger partial charge in [0, 0.05) is 12.1 Å². The summed E-state index contributed by atoms with van der Waals surface area (Å²) in [7, 11) is 0. The summed E-state index contributed by atoms with van der Waals surface area (Å²) in [5.41, 5.74) is 3.32. The Morgan fingerprint density at radius 2 is 1.91 bits per heavy atom. The van der Waals surface area contributed by atoms with Crippen LogP contribution in [0.25, 0.3) is 0 Å².